The molecule has 0 atom stereocenters. The molecule has 0 fully saturated rings. The number of nitrogens with zero attached hydrogens (tertiary/aromatic N) is 2. The largest absolute Gasteiger partial charge is 0.490 e. The molecule has 0 aliphatic carbocycles. The van der Waals surface area contributed by atoms with Gasteiger partial charge in [-0.15, -0.1) is 0 Å². The summed E-state index contributed by atoms with van der Waals surface area (Å²) >= 11 is 5.43. The summed E-state index contributed by atoms with van der Waals surface area (Å²) in [4.78, 5) is 0. The quantitative estimate of drug-likeness (QED) is 0.452. The van der Waals surface area contributed by atoms with E-state index in [1.165, 1.54) is 11.1 Å². The molecule has 164 valence electrons. The van der Waals surface area contributed by atoms with E-state index in [0.29, 0.717) is 24.9 Å². The molecular formula is C24H30N4O2S. The van der Waals surface area contributed by atoms with Crippen LogP contribution in [0.4, 0.5) is 5.69 Å². The number of benzene rings is 2. The highest BCUT2D eigenvalue weighted by atomic mass is 32.1. The predicted molar refractivity (Wildman–Crippen MR) is 129 cm³/mol. The van der Waals surface area contributed by atoms with Crippen molar-refractivity contribution in [2.24, 2.45) is 0 Å². The van der Waals surface area contributed by atoms with E-state index >= 15 is 0 Å². The number of aryl methyl sites for hydroxylation is 1. The molecule has 0 bridgehead atoms. The van der Waals surface area contributed by atoms with Crippen LogP contribution in [0.1, 0.15) is 30.5 Å². The number of aromatic nitrogens is 2. The summed E-state index contributed by atoms with van der Waals surface area (Å²) in [5, 5.41) is 11.4. The normalized spacial score (nSPS) is 10.5. The molecule has 1 aromatic heterocycles. The average Bonchev–Trinajstić information content (AvgIpc) is 3.16. The van der Waals surface area contributed by atoms with Gasteiger partial charge in [0.25, 0.3) is 0 Å². The molecule has 6 nitrogen and oxygen atoms in total. The molecule has 0 unspecified atom stereocenters. The lowest BCUT2D eigenvalue weighted by molar-refractivity contribution is 0.287. The Morgan fingerprint density at radius 3 is 2.61 bits per heavy atom. The van der Waals surface area contributed by atoms with E-state index in [2.05, 4.69) is 53.0 Å². The lowest BCUT2D eigenvalue weighted by atomic mass is 10.1. The van der Waals surface area contributed by atoms with Crippen molar-refractivity contribution in [1.29, 1.82) is 0 Å². The minimum absolute atomic E-state index is 0.575. The van der Waals surface area contributed by atoms with E-state index in [4.69, 9.17) is 21.7 Å². The number of hydrogen-bond donors (Lipinski definition) is 2. The van der Waals surface area contributed by atoms with Crippen LogP contribution in [0, 0.1) is 6.92 Å². The Morgan fingerprint density at radius 2 is 1.84 bits per heavy atom. The van der Waals surface area contributed by atoms with Crippen LogP contribution in [0.5, 0.6) is 11.5 Å². The van der Waals surface area contributed by atoms with Crippen molar-refractivity contribution in [3.8, 4) is 11.5 Å². The maximum Gasteiger partial charge on any atom is 0.170 e. The van der Waals surface area contributed by atoms with Crippen LogP contribution in [0.3, 0.4) is 0 Å². The topological polar surface area (TPSA) is 60.3 Å². The second-order valence-electron chi connectivity index (χ2n) is 7.19. The van der Waals surface area contributed by atoms with Crippen LogP contribution >= 0.6 is 12.2 Å². The molecule has 3 rings (SSSR count). The molecular weight excluding hydrogens is 408 g/mol. The van der Waals surface area contributed by atoms with Gasteiger partial charge >= 0.3 is 0 Å². The van der Waals surface area contributed by atoms with Crippen molar-refractivity contribution in [2.75, 3.05) is 25.1 Å². The molecule has 0 radical (unpaired) electrons. The number of rotatable bonds is 10. The molecule has 3 aromatic rings. The van der Waals surface area contributed by atoms with Gasteiger partial charge in [0.2, 0.25) is 0 Å². The third-order valence-corrected chi connectivity index (χ3v) is 4.87. The first-order chi connectivity index (χ1) is 15.1. The highest BCUT2D eigenvalue weighted by Crippen LogP contribution is 2.28. The van der Waals surface area contributed by atoms with Gasteiger partial charge in [0, 0.05) is 12.7 Å². The van der Waals surface area contributed by atoms with E-state index in [1.54, 1.807) is 6.20 Å². The van der Waals surface area contributed by atoms with Crippen molar-refractivity contribution < 1.29 is 9.47 Å². The van der Waals surface area contributed by atoms with Gasteiger partial charge in [-0.2, -0.15) is 5.10 Å². The fourth-order valence-electron chi connectivity index (χ4n) is 3.26. The number of nitrogens with one attached hydrogen (secondary N) is 2. The van der Waals surface area contributed by atoms with Crippen LogP contribution < -0.4 is 20.1 Å². The third kappa shape index (κ3) is 7.00. The Labute approximate surface area is 189 Å². The lowest BCUT2D eigenvalue weighted by Crippen LogP contribution is -2.30. The average molecular weight is 439 g/mol. The van der Waals surface area contributed by atoms with E-state index < -0.39 is 0 Å². The lowest BCUT2D eigenvalue weighted by Gasteiger charge is -2.13. The van der Waals surface area contributed by atoms with Gasteiger partial charge < -0.3 is 20.1 Å². The predicted octanol–water partition coefficient (Wildman–Crippen LogP) is 4.57. The molecule has 2 N–H and O–H groups in total. The number of thiocarbonyl (C=S) groups is 1. The van der Waals surface area contributed by atoms with Crippen molar-refractivity contribution in [2.45, 2.75) is 33.7 Å². The molecule has 2 aromatic carbocycles. The van der Waals surface area contributed by atoms with Crippen LogP contribution in [0.2, 0.25) is 0 Å². The standard InChI is InChI=1S/C24H30N4O2S/c1-4-29-22-10-9-19(14-23(22)30-5-2)11-12-25-24(31)27-21-15-26-28(17-21)16-20-8-6-7-18(3)13-20/h6-10,13-15,17H,4-5,11-12,16H2,1-3H3,(H2,25,27,31). The van der Waals surface area contributed by atoms with E-state index in [-0.39, 0.29) is 0 Å². The first-order valence-corrected chi connectivity index (χ1v) is 11.0. The Hall–Kier alpha value is -3.06. The second kappa shape index (κ2) is 11.4. The van der Waals surface area contributed by atoms with Gasteiger partial charge in [-0.1, -0.05) is 35.9 Å². The molecule has 0 spiro atoms. The third-order valence-electron chi connectivity index (χ3n) is 4.63. The Morgan fingerprint density at radius 1 is 1.03 bits per heavy atom. The highest BCUT2D eigenvalue weighted by Gasteiger charge is 2.07. The van der Waals surface area contributed by atoms with Gasteiger partial charge in [0.15, 0.2) is 16.6 Å². The molecule has 0 amide bonds. The summed E-state index contributed by atoms with van der Waals surface area (Å²) < 4.78 is 13.2. The van der Waals surface area contributed by atoms with Crippen LogP contribution in [-0.4, -0.2) is 34.7 Å². The Balaban J connectivity index is 1.47. The zero-order valence-electron chi connectivity index (χ0n) is 18.4. The maximum atomic E-state index is 5.70. The molecule has 0 saturated carbocycles. The van der Waals surface area contributed by atoms with Crippen LogP contribution in [0.25, 0.3) is 0 Å². The maximum absolute atomic E-state index is 5.70. The van der Waals surface area contributed by atoms with Crippen molar-refractivity contribution in [3.63, 3.8) is 0 Å². The van der Waals surface area contributed by atoms with Gasteiger partial charge in [-0.05, 0) is 62.7 Å². The van der Waals surface area contributed by atoms with Gasteiger partial charge in [-0.3, -0.25) is 4.68 Å². The monoisotopic (exact) mass is 438 g/mol. The second-order valence-corrected chi connectivity index (χ2v) is 7.60. The number of ether oxygens (including phenoxy) is 2. The summed E-state index contributed by atoms with van der Waals surface area (Å²) in [6.07, 6.45) is 4.56. The fourth-order valence-corrected chi connectivity index (χ4v) is 3.48. The summed E-state index contributed by atoms with van der Waals surface area (Å²) in [5.74, 6) is 1.56. The zero-order chi connectivity index (χ0) is 22.1. The summed E-state index contributed by atoms with van der Waals surface area (Å²) in [6.45, 7) is 8.68. The van der Waals surface area contributed by atoms with E-state index in [1.807, 2.05) is 36.9 Å². The van der Waals surface area contributed by atoms with Crippen LogP contribution in [-0.2, 0) is 13.0 Å². The number of anilines is 1. The van der Waals surface area contributed by atoms with E-state index in [9.17, 15) is 0 Å². The molecule has 31 heavy (non-hydrogen) atoms. The number of hydrogen-bond acceptors (Lipinski definition) is 4. The minimum Gasteiger partial charge on any atom is -0.490 e. The summed E-state index contributed by atoms with van der Waals surface area (Å²) in [6, 6.07) is 14.5. The summed E-state index contributed by atoms with van der Waals surface area (Å²) in [7, 11) is 0. The van der Waals surface area contributed by atoms with E-state index in [0.717, 1.165) is 35.7 Å². The van der Waals surface area contributed by atoms with Gasteiger partial charge in [-0.25, -0.2) is 0 Å². The molecule has 0 aliphatic heterocycles. The Bertz CT molecular complexity index is 1000. The first-order valence-electron chi connectivity index (χ1n) is 10.6. The van der Waals surface area contributed by atoms with Crippen molar-refractivity contribution >= 4 is 23.0 Å². The molecule has 7 heteroatoms. The highest BCUT2D eigenvalue weighted by molar-refractivity contribution is 7.80. The molecule has 0 aliphatic rings. The fraction of sp³-hybridized carbons (Fsp3) is 0.333. The van der Waals surface area contributed by atoms with Crippen LogP contribution in [0.15, 0.2) is 54.9 Å². The molecule has 0 saturated heterocycles. The SMILES string of the molecule is CCOc1ccc(CCNC(=S)Nc2cnn(Cc3cccc(C)c3)c2)cc1OCC. The minimum atomic E-state index is 0.575. The van der Waals surface area contributed by atoms with Gasteiger partial charge in [0.1, 0.15) is 0 Å². The van der Waals surface area contributed by atoms with Gasteiger partial charge in [0.05, 0.1) is 31.6 Å². The summed E-state index contributed by atoms with van der Waals surface area (Å²) in [5.41, 5.74) is 4.49. The zero-order valence-corrected chi connectivity index (χ0v) is 19.2. The smallest absolute Gasteiger partial charge is 0.170 e. The molecule has 1 heterocycles. The first kappa shape index (κ1) is 22.6. The Kier molecular flexibility index (Phi) is 8.29. The van der Waals surface area contributed by atoms with Crippen molar-refractivity contribution in [1.82, 2.24) is 15.1 Å². The van der Waals surface area contributed by atoms with Crippen molar-refractivity contribution in [3.05, 3.63) is 71.5 Å².